The molecule has 7 rings (SSSR count). The molecule has 0 saturated carbocycles. The number of hydrogen-bond acceptors (Lipinski definition) is 8. The minimum atomic E-state index is -1.77. The van der Waals surface area contributed by atoms with Crippen molar-refractivity contribution in [3.63, 3.8) is 0 Å². The molecule has 204 valence electrons. The maximum atomic E-state index is 14.6. The minimum Gasteiger partial charge on any atom is -0.450 e. The number of rotatable bonds is 6. The lowest BCUT2D eigenvalue weighted by Crippen LogP contribution is -2.53. The largest absolute Gasteiger partial charge is 0.450 e. The van der Waals surface area contributed by atoms with Gasteiger partial charge in [-0.2, -0.15) is 0 Å². The molecule has 5 aromatic rings. The van der Waals surface area contributed by atoms with Crippen molar-refractivity contribution in [2.75, 3.05) is 16.3 Å². The van der Waals surface area contributed by atoms with E-state index in [2.05, 4.69) is 10.2 Å². The number of halogens is 1. The molecule has 2 amide bonds. The number of hydrogen-bond donors (Lipinski definition) is 0. The standard InChI is InChI=1S/C30H21ClN4O4S2/c1-2-15-34-21-13-7-5-11-19(21)30(27(34)38)23-24(36)18-10-4-8-14-22(18)39-25(23)26(37)35(30)28-32-33-29(41-28)40-16-17-9-3-6-12-20(17)31/h3-14H,2,15-16H2,1H3. The van der Waals surface area contributed by atoms with E-state index in [4.69, 9.17) is 16.0 Å². The zero-order valence-electron chi connectivity index (χ0n) is 21.7. The van der Waals surface area contributed by atoms with Crippen LogP contribution in [-0.4, -0.2) is 28.6 Å². The highest BCUT2D eigenvalue weighted by molar-refractivity contribution is 8.00. The number of nitrogens with zero attached hydrogens (tertiary/aromatic N) is 4. The van der Waals surface area contributed by atoms with Gasteiger partial charge in [0.05, 0.1) is 16.6 Å². The molecule has 3 aromatic carbocycles. The monoisotopic (exact) mass is 600 g/mol. The van der Waals surface area contributed by atoms with Gasteiger partial charge in [0.2, 0.25) is 10.9 Å². The first-order valence-electron chi connectivity index (χ1n) is 13.0. The summed E-state index contributed by atoms with van der Waals surface area (Å²) in [5, 5.41) is 9.85. The second kappa shape index (κ2) is 9.83. The van der Waals surface area contributed by atoms with Crippen molar-refractivity contribution >= 4 is 68.3 Å². The summed E-state index contributed by atoms with van der Waals surface area (Å²) in [6.45, 7) is 2.39. The van der Waals surface area contributed by atoms with Crippen LogP contribution in [0.25, 0.3) is 11.0 Å². The molecule has 0 radical (unpaired) electrons. The van der Waals surface area contributed by atoms with Crippen molar-refractivity contribution in [3.05, 3.63) is 110 Å². The summed E-state index contributed by atoms with van der Waals surface area (Å²) in [6.07, 6.45) is 0.685. The van der Waals surface area contributed by atoms with E-state index in [0.717, 1.165) is 5.56 Å². The molecule has 2 aromatic heterocycles. The summed E-state index contributed by atoms with van der Waals surface area (Å²) in [6, 6.07) is 21.6. The van der Waals surface area contributed by atoms with Crippen LogP contribution in [0.3, 0.4) is 0 Å². The highest BCUT2D eigenvalue weighted by Gasteiger charge is 2.66. The number of para-hydroxylation sites is 2. The molecular formula is C30H21ClN4O4S2. The summed E-state index contributed by atoms with van der Waals surface area (Å²) in [7, 11) is 0. The zero-order chi connectivity index (χ0) is 28.3. The summed E-state index contributed by atoms with van der Waals surface area (Å²) < 4.78 is 6.68. The van der Waals surface area contributed by atoms with Crippen LogP contribution in [0.4, 0.5) is 10.8 Å². The number of benzene rings is 3. The molecule has 0 N–H and O–H groups in total. The predicted octanol–water partition coefficient (Wildman–Crippen LogP) is 6.25. The fraction of sp³-hybridized carbons (Fsp3) is 0.167. The van der Waals surface area contributed by atoms with Crippen molar-refractivity contribution in [2.45, 2.75) is 29.0 Å². The van der Waals surface area contributed by atoms with E-state index in [1.807, 2.05) is 43.3 Å². The first-order chi connectivity index (χ1) is 20.0. The fourth-order valence-corrected chi connectivity index (χ4v) is 7.84. The van der Waals surface area contributed by atoms with Crippen LogP contribution in [0.5, 0.6) is 0 Å². The Balaban J connectivity index is 1.43. The summed E-state index contributed by atoms with van der Waals surface area (Å²) >= 11 is 8.94. The Morgan fingerprint density at radius 2 is 1.73 bits per heavy atom. The van der Waals surface area contributed by atoms with Gasteiger partial charge in [-0.05, 0) is 36.2 Å². The first-order valence-corrected chi connectivity index (χ1v) is 15.2. The third-order valence-corrected chi connectivity index (χ3v) is 9.83. The maximum absolute atomic E-state index is 14.6. The van der Waals surface area contributed by atoms with E-state index < -0.39 is 22.8 Å². The molecular weight excluding hydrogens is 580 g/mol. The molecule has 11 heteroatoms. The van der Waals surface area contributed by atoms with Crippen molar-refractivity contribution in [1.29, 1.82) is 0 Å². The molecule has 0 aliphatic carbocycles. The molecule has 8 nitrogen and oxygen atoms in total. The highest BCUT2D eigenvalue weighted by atomic mass is 35.5. The van der Waals surface area contributed by atoms with Gasteiger partial charge < -0.3 is 9.32 Å². The van der Waals surface area contributed by atoms with E-state index in [1.165, 1.54) is 28.0 Å². The Morgan fingerprint density at radius 3 is 2.56 bits per heavy atom. The summed E-state index contributed by atoms with van der Waals surface area (Å²) in [5.74, 6) is -0.611. The second-order valence-electron chi connectivity index (χ2n) is 9.69. The minimum absolute atomic E-state index is 0.0118. The fourth-order valence-electron chi connectivity index (χ4n) is 5.66. The van der Waals surface area contributed by atoms with E-state index in [1.54, 1.807) is 41.3 Å². The van der Waals surface area contributed by atoms with Crippen LogP contribution < -0.4 is 15.2 Å². The van der Waals surface area contributed by atoms with Gasteiger partial charge in [-0.1, -0.05) is 90.2 Å². The van der Waals surface area contributed by atoms with Crippen molar-refractivity contribution < 1.29 is 14.0 Å². The molecule has 1 unspecified atom stereocenters. The number of carbonyl (C=O) groups is 2. The van der Waals surface area contributed by atoms with Crippen LogP contribution >= 0.6 is 34.7 Å². The molecule has 41 heavy (non-hydrogen) atoms. The quantitative estimate of drug-likeness (QED) is 0.168. The van der Waals surface area contributed by atoms with Crippen molar-refractivity contribution in [2.24, 2.45) is 0 Å². The number of anilines is 2. The summed E-state index contributed by atoms with van der Waals surface area (Å²) in [5.41, 5.74) is 0.221. The number of aromatic nitrogens is 2. The molecule has 2 aliphatic rings. The van der Waals surface area contributed by atoms with Gasteiger partial charge in [0.15, 0.2) is 15.3 Å². The average Bonchev–Trinajstić information content (AvgIpc) is 3.62. The Labute approximate surface area is 247 Å². The third kappa shape index (κ3) is 3.71. The zero-order valence-corrected chi connectivity index (χ0v) is 24.1. The van der Waals surface area contributed by atoms with Crippen LogP contribution in [-0.2, 0) is 16.1 Å². The summed E-state index contributed by atoms with van der Waals surface area (Å²) in [4.78, 5) is 46.0. The lowest BCUT2D eigenvalue weighted by molar-refractivity contribution is -0.121. The van der Waals surface area contributed by atoms with Crippen LogP contribution in [0.1, 0.15) is 40.6 Å². The molecule has 2 aliphatic heterocycles. The van der Waals surface area contributed by atoms with E-state index in [0.29, 0.717) is 44.7 Å². The lowest BCUT2D eigenvalue weighted by Gasteiger charge is -2.32. The van der Waals surface area contributed by atoms with Crippen LogP contribution in [0.15, 0.2) is 86.3 Å². The smallest absolute Gasteiger partial charge is 0.297 e. The molecule has 1 atom stereocenters. The SMILES string of the molecule is CCCN1C(=O)C2(c3ccccc31)c1c(oc3ccccc3c1=O)C(=O)N2c1nnc(SCc2ccccc2Cl)s1. The van der Waals surface area contributed by atoms with Gasteiger partial charge >= 0.3 is 0 Å². The maximum Gasteiger partial charge on any atom is 0.297 e. The lowest BCUT2D eigenvalue weighted by atomic mass is 9.84. The van der Waals surface area contributed by atoms with Gasteiger partial charge in [0, 0.05) is 22.9 Å². The second-order valence-corrected chi connectivity index (χ2v) is 12.3. The van der Waals surface area contributed by atoms with Crippen molar-refractivity contribution in [1.82, 2.24) is 10.2 Å². The van der Waals surface area contributed by atoms with E-state index >= 15 is 0 Å². The molecule has 1 spiro atoms. The number of carbonyl (C=O) groups excluding carboxylic acids is 2. The Bertz CT molecular complexity index is 1940. The van der Waals surface area contributed by atoms with Crippen molar-refractivity contribution in [3.8, 4) is 0 Å². The number of thioether (sulfide) groups is 1. The van der Waals surface area contributed by atoms with Gasteiger partial charge in [0.1, 0.15) is 5.58 Å². The highest BCUT2D eigenvalue weighted by Crippen LogP contribution is 2.54. The molecule has 0 bridgehead atoms. The van der Waals surface area contributed by atoms with Gasteiger partial charge in [0.25, 0.3) is 11.8 Å². The molecule has 0 saturated heterocycles. The Hall–Kier alpha value is -3.99. The topological polar surface area (TPSA) is 96.6 Å². The molecule has 4 heterocycles. The Kier molecular flexibility index (Phi) is 6.22. The van der Waals surface area contributed by atoms with Gasteiger partial charge in [-0.3, -0.25) is 19.3 Å². The number of fused-ring (bicyclic) bond motifs is 5. The van der Waals surface area contributed by atoms with Crippen LogP contribution in [0, 0.1) is 0 Å². The van der Waals surface area contributed by atoms with E-state index in [-0.39, 0.29) is 22.0 Å². The molecule has 0 fully saturated rings. The predicted molar refractivity (Wildman–Crippen MR) is 160 cm³/mol. The normalized spacial score (nSPS) is 17.6. The first kappa shape index (κ1) is 25.9. The third-order valence-electron chi connectivity index (χ3n) is 7.37. The number of amides is 2. The van der Waals surface area contributed by atoms with Crippen LogP contribution in [0.2, 0.25) is 5.02 Å². The van der Waals surface area contributed by atoms with Gasteiger partial charge in [-0.25, -0.2) is 0 Å². The Morgan fingerprint density at radius 1 is 0.976 bits per heavy atom. The van der Waals surface area contributed by atoms with Gasteiger partial charge in [-0.15, -0.1) is 10.2 Å². The van der Waals surface area contributed by atoms with E-state index in [9.17, 15) is 14.4 Å². The average molecular weight is 601 g/mol.